The minimum absolute atomic E-state index is 0.169. The van der Waals surface area contributed by atoms with Crippen molar-refractivity contribution in [2.75, 3.05) is 0 Å². The van der Waals surface area contributed by atoms with Crippen LogP contribution in [0.1, 0.15) is 23.0 Å². The second-order valence-corrected chi connectivity index (χ2v) is 3.18. The summed E-state index contributed by atoms with van der Waals surface area (Å²) in [5, 5.41) is 15.8. The lowest BCUT2D eigenvalue weighted by atomic mass is 10.1. The van der Waals surface area contributed by atoms with Crippen LogP contribution in [0.25, 0.3) is 11.4 Å². The van der Waals surface area contributed by atoms with Gasteiger partial charge in [-0.25, -0.2) is 4.79 Å². The van der Waals surface area contributed by atoms with Crippen molar-refractivity contribution in [1.29, 1.82) is 0 Å². The molecule has 6 heteroatoms. The first-order valence-corrected chi connectivity index (χ1v) is 4.81. The van der Waals surface area contributed by atoms with Gasteiger partial charge in [0.25, 0.3) is 0 Å². The van der Waals surface area contributed by atoms with Crippen LogP contribution in [0.4, 0.5) is 0 Å². The van der Waals surface area contributed by atoms with Crippen molar-refractivity contribution in [3.63, 3.8) is 0 Å². The molecule has 0 aliphatic heterocycles. The van der Waals surface area contributed by atoms with Gasteiger partial charge in [0.1, 0.15) is 17.0 Å². The predicted octanol–water partition coefficient (Wildman–Crippen LogP) is 1.13. The fraction of sp³-hybridized carbons (Fsp3) is 0.200. The maximum absolute atomic E-state index is 11.1. The summed E-state index contributed by atoms with van der Waals surface area (Å²) in [6.07, 6.45) is 5.09. The fourth-order valence-corrected chi connectivity index (χ4v) is 1.47. The van der Waals surface area contributed by atoms with E-state index in [-0.39, 0.29) is 5.56 Å². The minimum atomic E-state index is -1.01. The van der Waals surface area contributed by atoms with E-state index < -0.39 is 5.97 Å². The second kappa shape index (κ2) is 4.09. The van der Waals surface area contributed by atoms with Crippen LogP contribution < -0.4 is 0 Å². The Kier molecular flexibility index (Phi) is 2.63. The maximum atomic E-state index is 11.1. The first-order valence-electron chi connectivity index (χ1n) is 4.81. The summed E-state index contributed by atoms with van der Waals surface area (Å²) < 4.78 is 0. The summed E-state index contributed by atoms with van der Waals surface area (Å²) in [7, 11) is 0. The molecule has 0 aliphatic rings. The number of aromatic amines is 1. The van der Waals surface area contributed by atoms with Gasteiger partial charge in [0.05, 0.1) is 11.9 Å². The van der Waals surface area contributed by atoms with E-state index in [1.165, 1.54) is 18.6 Å². The topological polar surface area (TPSA) is 91.8 Å². The van der Waals surface area contributed by atoms with Gasteiger partial charge in [0.2, 0.25) is 0 Å². The van der Waals surface area contributed by atoms with E-state index in [1.54, 1.807) is 0 Å². The van der Waals surface area contributed by atoms with Gasteiger partial charge in [0.15, 0.2) is 0 Å². The highest BCUT2D eigenvalue weighted by atomic mass is 16.4. The number of carboxylic acid groups (broad SMARTS) is 1. The monoisotopic (exact) mass is 218 g/mol. The Morgan fingerprint density at radius 2 is 2.31 bits per heavy atom. The van der Waals surface area contributed by atoms with Gasteiger partial charge < -0.3 is 5.11 Å². The Bertz CT molecular complexity index is 507. The third-order valence-electron chi connectivity index (χ3n) is 2.21. The van der Waals surface area contributed by atoms with Gasteiger partial charge in [-0.1, -0.05) is 6.92 Å². The van der Waals surface area contributed by atoms with Gasteiger partial charge in [-0.3, -0.25) is 15.1 Å². The van der Waals surface area contributed by atoms with Crippen LogP contribution in [0.5, 0.6) is 0 Å². The summed E-state index contributed by atoms with van der Waals surface area (Å²) >= 11 is 0. The molecule has 0 saturated heterocycles. The summed E-state index contributed by atoms with van der Waals surface area (Å²) in [5.74, 6) is -1.01. The molecule has 0 aliphatic carbocycles. The van der Waals surface area contributed by atoms with Crippen LogP contribution in [0, 0.1) is 0 Å². The Balaban J connectivity index is 2.58. The standard InChI is InChI=1S/C10H10N4O2/c1-2-6-8(10(15)16)9(14-13-6)7-5-11-3-4-12-7/h3-5H,2H2,1H3,(H,13,14)(H,15,16). The van der Waals surface area contributed by atoms with E-state index in [2.05, 4.69) is 20.2 Å². The van der Waals surface area contributed by atoms with Crippen LogP contribution in [0.3, 0.4) is 0 Å². The number of hydrogen-bond donors (Lipinski definition) is 2. The van der Waals surface area contributed by atoms with Crippen molar-refractivity contribution in [2.45, 2.75) is 13.3 Å². The zero-order chi connectivity index (χ0) is 11.5. The van der Waals surface area contributed by atoms with Crippen molar-refractivity contribution < 1.29 is 9.90 Å². The maximum Gasteiger partial charge on any atom is 0.339 e. The van der Waals surface area contributed by atoms with E-state index in [1.807, 2.05) is 6.92 Å². The van der Waals surface area contributed by atoms with E-state index >= 15 is 0 Å². The molecular weight excluding hydrogens is 208 g/mol. The molecule has 0 saturated carbocycles. The third kappa shape index (κ3) is 1.65. The highest BCUT2D eigenvalue weighted by Gasteiger charge is 2.20. The molecule has 2 N–H and O–H groups in total. The number of carboxylic acids is 1. The highest BCUT2D eigenvalue weighted by Crippen LogP contribution is 2.21. The lowest BCUT2D eigenvalue weighted by molar-refractivity contribution is 0.0696. The molecule has 0 aromatic carbocycles. The van der Waals surface area contributed by atoms with Crippen molar-refractivity contribution in [3.05, 3.63) is 29.8 Å². The van der Waals surface area contributed by atoms with Gasteiger partial charge in [0, 0.05) is 12.4 Å². The number of aromatic nitrogens is 4. The number of nitrogens with one attached hydrogen (secondary N) is 1. The zero-order valence-corrected chi connectivity index (χ0v) is 8.64. The van der Waals surface area contributed by atoms with Crippen LogP contribution in [-0.2, 0) is 6.42 Å². The number of hydrogen-bond acceptors (Lipinski definition) is 4. The van der Waals surface area contributed by atoms with E-state index in [0.29, 0.717) is 23.5 Å². The lowest BCUT2D eigenvalue weighted by Gasteiger charge is -1.98. The lowest BCUT2D eigenvalue weighted by Crippen LogP contribution is -2.02. The molecule has 0 unspecified atom stereocenters. The Hall–Kier alpha value is -2.24. The van der Waals surface area contributed by atoms with Crippen molar-refractivity contribution in [1.82, 2.24) is 20.2 Å². The van der Waals surface area contributed by atoms with Crippen LogP contribution in [0.2, 0.25) is 0 Å². The molecule has 2 aromatic rings. The summed E-state index contributed by atoms with van der Waals surface area (Å²) in [4.78, 5) is 19.0. The van der Waals surface area contributed by atoms with Crippen molar-refractivity contribution >= 4 is 5.97 Å². The molecule has 16 heavy (non-hydrogen) atoms. The molecular formula is C10H10N4O2. The quantitative estimate of drug-likeness (QED) is 0.805. The van der Waals surface area contributed by atoms with Gasteiger partial charge in [-0.2, -0.15) is 5.10 Å². The first kappa shape index (κ1) is 10.3. The van der Waals surface area contributed by atoms with E-state index in [4.69, 9.17) is 5.11 Å². The largest absolute Gasteiger partial charge is 0.478 e. The summed E-state index contributed by atoms with van der Waals surface area (Å²) in [6.45, 7) is 1.86. The fourth-order valence-electron chi connectivity index (χ4n) is 1.47. The predicted molar refractivity (Wildman–Crippen MR) is 56.0 cm³/mol. The normalized spacial score (nSPS) is 10.3. The van der Waals surface area contributed by atoms with Gasteiger partial charge in [-0.15, -0.1) is 0 Å². The number of rotatable bonds is 3. The molecule has 6 nitrogen and oxygen atoms in total. The van der Waals surface area contributed by atoms with Crippen molar-refractivity contribution in [3.8, 4) is 11.4 Å². The molecule has 2 aromatic heterocycles. The molecule has 0 amide bonds. The van der Waals surface area contributed by atoms with Crippen molar-refractivity contribution in [2.24, 2.45) is 0 Å². The molecule has 0 bridgehead atoms. The number of aryl methyl sites for hydroxylation is 1. The summed E-state index contributed by atoms with van der Waals surface area (Å²) in [5.41, 5.74) is 1.55. The molecule has 0 fully saturated rings. The third-order valence-corrected chi connectivity index (χ3v) is 2.21. The van der Waals surface area contributed by atoms with Crippen LogP contribution in [-0.4, -0.2) is 31.2 Å². The van der Waals surface area contributed by atoms with Gasteiger partial charge >= 0.3 is 5.97 Å². The minimum Gasteiger partial charge on any atom is -0.478 e. The molecule has 0 radical (unpaired) electrons. The smallest absolute Gasteiger partial charge is 0.339 e. The van der Waals surface area contributed by atoms with E-state index in [0.717, 1.165) is 0 Å². The van der Waals surface area contributed by atoms with Crippen LogP contribution in [0.15, 0.2) is 18.6 Å². The Labute approximate surface area is 91.4 Å². The first-order chi connectivity index (χ1) is 7.74. The number of H-pyrrole nitrogens is 1. The van der Waals surface area contributed by atoms with Crippen LogP contribution >= 0.6 is 0 Å². The van der Waals surface area contributed by atoms with Gasteiger partial charge in [-0.05, 0) is 6.42 Å². The Morgan fingerprint density at radius 1 is 1.50 bits per heavy atom. The average Bonchev–Trinajstić information content (AvgIpc) is 2.73. The number of carbonyl (C=O) groups is 1. The highest BCUT2D eigenvalue weighted by molar-refractivity contribution is 5.95. The Morgan fingerprint density at radius 3 is 2.88 bits per heavy atom. The molecule has 2 heterocycles. The molecule has 82 valence electrons. The molecule has 2 rings (SSSR count). The number of aromatic carboxylic acids is 1. The number of nitrogens with zero attached hydrogens (tertiary/aromatic N) is 3. The summed E-state index contributed by atoms with van der Waals surface area (Å²) in [6, 6.07) is 0. The average molecular weight is 218 g/mol. The molecule has 0 atom stereocenters. The zero-order valence-electron chi connectivity index (χ0n) is 8.64. The molecule has 0 spiro atoms. The second-order valence-electron chi connectivity index (χ2n) is 3.18. The SMILES string of the molecule is CCc1[nH]nc(-c2cnccn2)c1C(=O)O. The van der Waals surface area contributed by atoms with E-state index in [9.17, 15) is 4.79 Å².